The number of halogens is 1. The minimum absolute atomic E-state index is 0.0725. The van der Waals surface area contributed by atoms with Crippen molar-refractivity contribution in [1.82, 2.24) is 0 Å². The number of rotatable bonds is 4. The van der Waals surface area contributed by atoms with Crippen LogP contribution in [-0.2, 0) is 4.79 Å². The lowest BCUT2D eigenvalue weighted by Gasteiger charge is -2.24. The number of nitrogens with zero attached hydrogens (tertiary/aromatic N) is 1. The highest BCUT2D eigenvalue weighted by molar-refractivity contribution is 6.30. The molecule has 0 aliphatic rings. The summed E-state index contributed by atoms with van der Waals surface area (Å²) in [7, 11) is 0. The van der Waals surface area contributed by atoms with Gasteiger partial charge in [0.15, 0.2) is 0 Å². The standard InChI is InChI=1S/C16H17ClN2O/c1-3-19(15-9-7-13(17)8-10-15)16-6-4-5-14(11-16)18-12(2)20/h4-11H,3H2,1-2H3,(H,18,20). The van der Waals surface area contributed by atoms with Gasteiger partial charge in [-0.2, -0.15) is 0 Å². The van der Waals surface area contributed by atoms with E-state index >= 15 is 0 Å². The molecule has 0 aliphatic carbocycles. The van der Waals surface area contributed by atoms with Gasteiger partial charge < -0.3 is 10.2 Å². The van der Waals surface area contributed by atoms with Crippen molar-refractivity contribution in [3.05, 3.63) is 53.6 Å². The lowest BCUT2D eigenvalue weighted by Crippen LogP contribution is -2.16. The van der Waals surface area contributed by atoms with Gasteiger partial charge in [0.1, 0.15) is 0 Å². The third kappa shape index (κ3) is 3.52. The molecule has 0 aliphatic heterocycles. The number of carbonyl (C=O) groups is 1. The summed E-state index contributed by atoms with van der Waals surface area (Å²) in [6.07, 6.45) is 0. The van der Waals surface area contributed by atoms with Gasteiger partial charge in [0.05, 0.1) is 0 Å². The van der Waals surface area contributed by atoms with Crippen LogP contribution in [0.2, 0.25) is 5.02 Å². The van der Waals surface area contributed by atoms with Crippen molar-refractivity contribution in [2.45, 2.75) is 13.8 Å². The van der Waals surface area contributed by atoms with E-state index in [9.17, 15) is 4.79 Å². The highest BCUT2D eigenvalue weighted by atomic mass is 35.5. The second-order valence-electron chi connectivity index (χ2n) is 4.45. The Morgan fingerprint density at radius 3 is 2.45 bits per heavy atom. The monoisotopic (exact) mass is 288 g/mol. The maximum Gasteiger partial charge on any atom is 0.221 e. The number of anilines is 3. The number of benzene rings is 2. The molecule has 0 radical (unpaired) electrons. The molecule has 2 aromatic carbocycles. The molecule has 0 unspecified atom stereocenters. The van der Waals surface area contributed by atoms with E-state index in [1.807, 2.05) is 48.5 Å². The maximum atomic E-state index is 11.1. The molecule has 0 bridgehead atoms. The van der Waals surface area contributed by atoms with Crippen molar-refractivity contribution in [3.63, 3.8) is 0 Å². The van der Waals surface area contributed by atoms with Crippen LogP contribution in [0.4, 0.5) is 17.1 Å². The zero-order valence-electron chi connectivity index (χ0n) is 11.6. The molecule has 104 valence electrons. The first-order chi connectivity index (χ1) is 9.60. The summed E-state index contributed by atoms with van der Waals surface area (Å²) in [5.41, 5.74) is 2.89. The van der Waals surface area contributed by atoms with Crippen LogP contribution in [0.1, 0.15) is 13.8 Å². The highest BCUT2D eigenvalue weighted by Crippen LogP contribution is 2.28. The molecule has 0 heterocycles. The molecular weight excluding hydrogens is 272 g/mol. The first-order valence-electron chi connectivity index (χ1n) is 6.51. The molecular formula is C16H17ClN2O. The summed E-state index contributed by atoms with van der Waals surface area (Å²) in [5, 5.41) is 3.52. The van der Waals surface area contributed by atoms with Gasteiger partial charge in [-0.15, -0.1) is 0 Å². The number of carbonyl (C=O) groups excluding carboxylic acids is 1. The van der Waals surface area contributed by atoms with Crippen molar-refractivity contribution in [2.75, 3.05) is 16.8 Å². The van der Waals surface area contributed by atoms with Gasteiger partial charge in [0.25, 0.3) is 0 Å². The fourth-order valence-electron chi connectivity index (χ4n) is 2.09. The Morgan fingerprint density at radius 1 is 1.15 bits per heavy atom. The van der Waals surface area contributed by atoms with E-state index < -0.39 is 0 Å². The van der Waals surface area contributed by atoms with E-state index in [2.05, 4.69) is 17.1 Å². The quantitative estimate of drug-likeness (QED) is 0.901. The van der Waals surface area contributed by atoms with Crippen LogP contribution < -0.4 is 10.2 Å². The molecule has 1 amide bonds. The Morgan fingerprint density at radius 2 is 1.85 bits per heavy atom. The predicted molar refractivity (Wildman–Crippen MR) is 84.9 cm³/mol. The van der Waals surface area contributed by atoms with E-state index in [0.717, 1.165) is 28.6 Å². The van der Waals surface area contributed by atoms with E-state index in [-0.39, 0.29) is 5.91 Å². The van der Waals surface area contributed by atoms with Gasteiger partial charge >= 0.3 is 0 Å². The van der Waals surface area contributed by atoms with E-state index in [0.29, 0.717) is 0 Å². The molecule has 0 saturated carbocycles. The van der Waals surface area contributed by atoms with Crippen molar-refractivity contribution in [1.29, 1.82) is 0 Å². The molecule has 2 rings (SSSR count). The molecule has 4 heteroatoms. The molecule has 0 fully saturated rings. The number of nitrogens with one attached hydrogen (secondary N) is 1. The summed E-state index contributed by atoms with van der Waals surface area (Å²) >= 11 is 5.92. The zero-order chi connectivity index (χ0) is 14.5. The van der Waals surface area contributed by atoms with Crippen molar-refractivity contribution >= 4 is 34.6 Å². The lowest BCUT2D eigenvalue weighted by molar-refractivity contribution is -0.114. The van der Waals surface area contributed by atoms with E-state index in [4.69, 9.17) is 11.6 Å². The van der Waals surface area contributed by atoms with Crippen LogP contribution in [0.5, 0.6) is 0 Å². The normalized spacial score (nSPS) is 10.2. The molecule has 20 heavy (non-hydrogen) atoms. The minimum Gasteiger partial charge on any atom is -0.342 e. The second kappa shape index (κ2) is 6.44. The topological polar surface area (TPSA) is 32.3 Å². The molecule has 3 nitrogen and oxygen atoms in total. The fraction of sp³-hybridized carbons (Fsp3) is 0.188. The Hall–Kier alpha value is -2.00. The third-order valence-electron chi connectivity index (χ3n) is 2.93. The van der Waals surface area contributed by atoms with Crippen LogP contribution >= 0.6 is 11.6 Å². The SMILES string of the molecule is CCN(c1ccc(Cl)cc1)c1cccc(NC(C)=O)c1. The Kier molecular flexibility index (Phi) is 4.64. The van der Waals surface area contributed by atoms with Crippen LogP contribution in [0.15, 0.2) is 48.5 Å². The average molecular weight is 289 g/mol. The van der Waals surface area contributed by atoms with Gasteiger partial charge in [-0.3, -0.25) is 4.79 Å². The van der Waals surface area contributed by atoms with Crippen molar-refractivity contribution < 1.29 is 4.79 Å². The van der Waals surface area contributed by atoms with Crippen molar-refractivity contribution in [2.24, 2.45) is 0 Å². The van der Waals surface area contributed by atoms with E-state index in [1.165, 1.54) is 6.92 Å². The lowest BCUT2D eigenvalue weighted by atomic mass is 10.2. The van der Waals surface area contributed by atoms with Gasteiger partial charge in [-0.05, 0) is 49.4 Å². The van der Waals surface area contributed by atoms with Gasteiger partial charge in [-0.25, -0.2) is 0 Å². The highest BCUT2D eigenvalue weighted by Gasteiger charge is 2.08. The molecule has 1 N–H and O–H groups in total. The molecule has 0 spiro atoms. The molecule has 0 saturated heterocycles. The van der Waals surface area contributed by atoms with Crippen LogP contribution in [0.3, 0.4) is 0 Å². The first-order valence-corrected chi connectivity index (χ1v) is 6.88. The molecule has 2 aromatic rings. The second-order valence-corrected chi connectivity index (χ2v) is 4.89. The van der Waals surface area contributed by atoms with Crippen LogP contribution in [-0.4, -0.2) is 12.5 Å². The van der Waals surface area contributed by atoms with Gasteiger partial charge in [0.2, 0.25) is 5.91 Å². The van der Waals surface area contributed by atoms with Crippen molar-refractivity contribution in [3.8, 4) is 0 Å². The molecule has 0 aromatic heterocycles. The zero-order valence-corrected chi connectivity index (χ0v) is 12.3. The minimum atomic E-state index is -0.0725. The number of hydrogen-bond donors (Lipinski definition) is 1. The smallest absolute Gasteiger partial charge is 0.221 e. The Balaban J connectivity index is 2.31. The number of amides is 1. The van der Waals surface area contributed by atoms with Gasteiger partial charge in [0, 0.05) is 35.6 Å². The fourth-order valence-corrected chi connectivity index (χ4v) is 2.22. The maximum absolute atomic E-state index is 11.1. The van der Waals surface area contributed by atoms with Crippen LogP contribution in [0, 0.1) is 0 Å². The summed E-state index contributed by atoms with van der Waals surface area (Å²) in [4.78, 5) is 13.3. The number of hydrogen-bond acceptors (Lipinski definition) is 2. The summed E-state index contributed by atoms with van der Waals surface area (Å²) in [6, 6.07) is 15.5. The predicted octanol–water partition coefficient (Wildman–Crippen LogP) is 4.46. The Labute approximate surface area is 124 Å². The average Bonchev–Trinajstić information content (AvgIpc) is 2.41. The third-order valence-corrected chi connectivity index (χ3v) is 3.18. The largest absolute Gasteiger partial charge is 0.342 e. The summed E-state index contributed by atoms with van der Waals surface area (Å²) < 4.78 is 0. The first kappa shape index (κ1) is 14.4. The van der Waals surface area contributed by atoms with Gasteiger partial charge in [-0.1, -0.05) is 17.7 Å². The molecule has 0 atom stereocenters. The summed E-state index contributed by atoms with van der Waals surface area (Å²) in [5.74, 6) is -0.0725. The van der Waals surface area contributed by atoms with Crippen LogP contribution in [0.25, 0.3) is 0 Å². The summed E-state index contributed by atoms with van der Waals surface area (Å²) in [6.45, 7) is 4.41. The Bertz CT molecular complexity index is 596. The van der Waals surface area contributed by atoms with E-state index in [1.54, 1.807) is 0 Å².